The van der Waals surface area contributed by atoms with Crippen LogP contribution in [0.2, 0.25) is 0 Å². The summed E-state index contributed by atoms with van der Waals surface area (Å²) in [5, 5.41) is 11.4. The molecule has 2 aromatic rings. The van der Waals surface area contributed by atoms with E-state index in [0.717, 1.165) is 16.7 Å². The lowest BCUT2D eigenvalue weighted by Crippen LogP contribution is -2.19. The molecule has 0 atom stereocenters. The second-order valence-electron chi connectivity index (χ2n) is 5.49. The molecular formula is C20H15N3OS. The number of aliphatic imine (C=N–C) groups is 1. The SMILES string of the molecule is Cc1ccc(C=Cc2ccc(/C=C3/SC(=NC#N)NC3=O)cc2)cc1. The highest BCUT2D eigenvalue weighted by Crippen LogP contribution is 2.26. The van der Waals surface area contributed by atoms with Gasteiger partial charge in [-0.25, -0.2) is 0 Å². The molecule has 1 aliphatic heterocycles. The molecule has 1 amide bonds. The Morgan fingerprint density at radius 3 is 2.16 bits per heavy atom. The molecule has 0 unspecified atom stereocenters. The minimum Gasteiger partial charge on any atom is -0.300 e. The molecule has 0 radical (unpaired) electrons. The Labute approximate surface area is 150 Å². The van der Waals surface area contributed by atoms with Crippen LogP contribution in [0.15, 0.2) is 58.4 Å². The van der Waals surface area contributed by atoms with Crippen LogP contribution >= 0.6 is 11.8 Å². The number of carbonyl (C=O) groups excluding carboxylic acids is 1. The van der Waals surface area contributed by atoms with Gasteiger partial charge in [-0.15, -0.1) is 4.99 Å². The maximum atomic E-state index is 11.8. The number of benzene rings is 2. The predicted octanol–water partition coefficient (Wildman–Crippen LogP) is 4.21. The molecule has 5 heteroatoms. The average Bonchev–Trinajstić information content (AvgIpc) is 2.95. The van der Waals surface area contributed by atoms with E-state index in [1.807, 2.05) is 24.3 Å². The van der Waals surface area contributed by atoms with Crippen LogP contribution in [-0.2, 0) is 4.79 Å². The van der Waals surface area contributed by atoms with E-state index in [-0.39, 0.29) is 5.91 Å². The number of rotatable bonds is 3. The summed E-state index contributed by atoms with van der Waals surface area (Å²) in [5.74, 6) is -0.234. The number of hydrogen-bond donors (Lipinski definition) is 1. The minimum atomic E-state index is -0.234. The number of nitrogens with zero attached hydrogens (tertiary/aromatic N) is 2. The van der Waals surface area contributed by atoms with Crippen LogP contribution in [-0.4, -0.2) is 11.1 Å². The van der Waals surface area contributed by atoms with Crippen molar-refractivity contribution in [3.8, 4) is 6.19 Å². The lowest BCUT2D eigenvalue weighted by atomic mass is 10.1. The van der Waals surface area contributed by atoms with Gasteiger partial charge in [0, 0.05) is 0 Å². The zero-order chi connectivity index (χ0) is 17.6. The van der Waals surface area contributed by atoms with E-state index >= 15 is 0 Å². The van der Waals surface area contributed by atoms with Crippen molar-refractivity contribution in [2.24, 2.45) is 4.99 Å². The van der Waals surface area contributed by atoms with Crippen LogP contribution in [0.3, 0.4) is 0 Å². The minimum absolute atomic E-state index is 0.234. The van der Waals surface area contributed by atoms with E-state index in [0.29, 0.717) is 10.1 Å². The smallest absolute Gasteiger partial charge is 0.264 e. The number of hydrogen-bond acceptors (Lipinski definition) is 4. The summed E-state index contributed by atoms with van der Waals surface area (Å²) in [7, 11) is 0. The molecule has 1 saturated heterocycles. The highest BCUT2D eigenvalue weighted by Gasteiger charge is 2.23. The molecule has 1 aliphatic rings. The van der Waals surface area contributed by atoms with Gasteiger partial charge in [0.1, 0.15) is 0 Å². The van der Waals surface area contributed by atoms with E-state index in [9.17, 15) is 4.79 Å². The van der Waals surface area contributed by atoms with Gasteiger partial charge < -0.3 is 0 Å². The average molecular weight is 345 g/mol. The summed E-state index contributed by atoms with van der Waals surface area (Å²) >= 11 is 1.17. The van der Waals surface area contributed by atoms with Crippen molar-refractivity contribution in [1.82, 2.24) is 5.32 Å². The Balaban J connectivity index is 1.71. The Bertz CT molecular complexity index is 917. The molecule has 0 aromatic heterocycles. The number of thioether (sulfide) groups is 1. The molecular weight excluding hydrogens is 330 g/mol. The number of amides is 1. The van der Waals surface area contributed by atoms with Crippen LogP contribution in [0.25, 0.3) is 18.2 Å². The second kappa shape index (κ2) is 7.65. The molecule has 122 valence electrons. The number of nitriles is 1. The predicted molar refractivity (Wildman–Crippen MR) is 103 cm³/mol. The van der Waals surface area contributed by atoms with Crippen molar-refractivity contribution in [2.45, 2.75) is 6.92 Å². The van der Waals surface area contributed by atoms with Crippen LogP contribution in [0, 0.1) is 18.4 Å². The van der Waals surface area contributed by atoms with Crippen molar-refractivity contribution in [3.05, 3.63) is 75.7 Å². The van der Waals surface area contributed by atoms with Crippen LogP contribution in [0.5, 0.6) is 0 Å². The Kier molecular flexibility index (Phi) is 5.12. The lowest BCUT2D eigenvalue weighted by Gasteiger charge is -1.98. The normalized spacial score (nSPS) is 17.2. The Hall–Kier alpha value is -3.10. The van der Waals surface area contributed by atoms with Gasteiger partial charge in [-0.05, 0) is 41.5 Å². The Morgan fingerprint density at radius 2 is 1.56 bits per heavy atom. The summed E-state index contributed by atoms with van der Waals surface area (Å²) in [4.78, 5) is 15.9. The third-order valence-electron chi connectivity index (χ3n) is 3.58. The Morgan fingerprint density at radius 1 is 1.00 bits per heavy atom. The topological polar surface area (TPSA) is 65.2 Å². The summed E-state index contributed by atoms with van der Waals surface area (Å²) in [6.45, 7) is 2.07. The highest BCUT2D eigenvalue weighted by atomic mass is 32.2. The van der Waals surface area contributed by atoms with Gasteiger partial charge in [-0.1, -0.05) is 66.2 Å². The first kappa shape index (κ1) is 16.7. The molecule has 1 fully saturated rings. The van der Waals surface area contributed by atoms with Crippen molar-refractivity contribution in [3.63, 3.8) is 0 Å². The van der Waals surface area contributed by atoms with E-state index in [1.165, 1.54) is 17.3 Å². The van der Waals surface area contributed by atoms with Crippen LogP contribution in [0.1, 0.15) is 22.3 Å². The quantitative estimate of drug-likeness (QED) is 0.515. The van der Waals surface area contributed by atoms with Gasteiger partial charge in [0.05, 0.1) is 4.91 Å². The largest absolute Gasteiger partial charge is 0.300 e. The molecule has 4 nitrogen and oxygen atoms in total. The molecule has 1 N–H and O–H groups in total. The number of carbonyl (C=O) groups is 1. The van der Waals surface area contributed by atoms with E-state index in [1.54, 1.807) is 12.3 Å². The number of amidine groups is 1. The van der Waals surface area contributed by atoms with Gasteiger partial charge in [0.15, 0.2) is 5.17 Å². The van der Waals surface area contributed by atoms with Gasteiger partial charge in [-0.2, -0.15) is 5.26 Å². The van der Waals surface area contributed by atoms with Gasteiger partial charge >= 0.3 is 0 Å². The molecule has 1 heterocycles. The van der Waals surface area contributed by atoms with Gasteiger partial charge in [0.25, 0.3) is 5.91 Å². The third kappa shape index (κ3) is 4.46. The van der Waals surface area contributed by atoms with Crippen molar-refractivity contribution in [2.75, 3.05) is 0 Å². The first-order valence-electron chi connectivity index (χ1n) is 7.66. The fourth-order valence-electron chi connectivity index (χ4n) is 2.25. The summed E-state index contributed by atoms with van der Waals surface area (Å²) in [6, 6.07) is 16.2. The standard InChI is InChI=1S/C20H15N3OS/c1-14-2-4-15(5-3-14)6-7-16-8-10-17(11-9-16)12-18-19(24)23-20(25-18)22-13-21/h2-12H,1H3,(H,22,23,24)/b7-6?,18-12+. The van der Waals surface area contributed by atoms with E-state index in [2.05, 4.69) is 53.7 Å². The highest BCUT2D eigenvalue weighted by molar-refractivity contribution is 8.18. The molecule has 25 heavy (non-hydrogen) atoms. The van der Waals surface area contributed by atoms with Crippen LogP contribution in [0.4, 0.5) is 0 Å². The van der Waals surface area contributed by atoms with Crippen molar-refractivity contribution >= 4 is 41.1 Å². The number of nitrogens with one attached hydrogen (secondary N) is 1. The summed E-state index contributed by atoms with van der Waals surface area (Å²) < 4.78 is 0. The molecule has 0 spiro atoms. The summed E-state index contributed by atoms with van der Waals surface area (Å²) in [6.07, 6.45) is 7.57. The second-order valence-corrected chi connectivity index (χ2v) is 6.52. The molecule has 2 aromatic carbocycles. The molecule has 3 rings (SSSR count). The zero-order valence-electron chi connectivity index (χ0n) is 13.6. The first-order valence-corrected chi connectivity index (χ1v) is 8.48. The monoisotopic (exact) mass is 345 g/mol. The maximum Gasteiger partial charge on any atom is 0.264 e. The van der Waals surface area contributed by atoms with Crippen LogP contribution < -0.4 is 5.32 Å². The lowest BCUT2D eigenvalue weighted by molar-refractivity contribution is -0.115. The van der Waals surface area contributed by atoms with Gasteiger partial charge in [-0.3, -0.25) is 10.1 Å². The fourth-order valence-corrected chi connectivity index (χ4v) is 3.03. The molecule has 0 saturated carbocycles. The first-order chi connectivity index (χ1) is 12.1. The van der Waals surface area contributed by atoms with Crippen molar-refractivity contribution in [1.29, 1.82) is 5.26 Å². The molecule has 0 bridgehead atoms. The van der Waals surface area contributed by atoms with E-state index < -0.39 is 0 Å². The number of aryl methyl sites for hydroxylation is 1. The molecule has 0 aliphatic carbocycles. The maximum absolute atomic E-state index is 11.8. The van der Waals surface area contributed by atoms with Gasteiger partial charge in [0.2, 0.25) is 6.19 Å². The summed E-state index contributed by atoms with van der Waals surface area (Å²) in [5.41, 5.74) is 4.40. The third-order valence-corrected chi connectivity index (χ3v) is 4.49. The van der Waals surface area contributed by atoms with Crippen molar-refractivity contribution < 1.29 is 4.79 Å². The van der Waals surface area contributed by atoms with E-state index in [4.69, 9.17) is 5.26 Å². The zero-order valence-corrected chi connectivity index (χ0v) is 14.4. The fraction of sp³-hybridized carbons (Fsp3) is 0.0500.